The lowest BCUT2D eigenvalue weighted by molar-refractivity contribution is -0.132. The highest BCUT2D eigenvalue weighted by Gasteiger charge is 2.16. The minimum absolute atomic E-state index is 0.00349. The van der Waals surface area contributed by atoms with Crippen LogP contribution in [0.2, 0.25) is 0 Å². The smallest absolute Gasteiger partial charge is 0.243 e. The SMILES string of the molecule is CCc1ccccc1NC(=O)CN(C)C(=O)Cc1csc(-c2cccnc2)n1. The molecule has 144 valence electrons. The molecule has 0 aliphatic heterocycles. The van der Waals surface area contributed by atoms with Crippen LogP contribution in [-0.4, -0.2) is 40.3 Å². The first-order chi connectivity index (χ1) is 13.6. The number of hydrogen-bond acceptors (Lipinski definition) is 5. The normalized spacial score (nSPS) is 10.5. The van der Waals surface area contributed by atoms with Crippen LogP contribution in [0.15, 0.2) is 54.2 Å². The Morgan fingerprint density at radius 3 is 2.75 bits per heavy atom. The molecule has 0 bridgehead atoms. The van der Waals surface area contributed by atoms with E-state index in [2.05, 4.69) is 15.3 Å². The molecule has 28 heavy (non-hydrogen) atoms. The Morgan fingerprint density at radius 1 is 1.18 bits per heavy atom. The van der Waals surface area contributed by atoms with Gasteiger partial charge in [0.05, 0.1) is 18.7 Å². The lowest BCUT2D eigenvalue weighted by Crippen LogP contribution is -2.36. The van der Waals surface area contributed by atoms with Crippen LogP contribution in [-0.2, 0) is 22.4 Å². The van der Waals surface area contributed by atoms with Crippen molar-refractivity contribution in [1.82, 2.24) is 14.9 Å². The third-order valence-electron chi connectivity index (χ3n) is 4.27. The van der Waals surface area contributed by atoms with E-state index in [1.807, 2.05) is 48.7 Å². The van der Waals surface area contributed by atoms with Crippen molar-refractivity contribution in [3.05, 3.63) is 65.4 Å². The molecule has 0 unspecified atom stereocenters. The summed E-state index contributed by atoms with van der Waals surface area (Å²) >= 11 is 1.47. The second-order valence-electron chi connectivity index (χ2n) is 6.37. The first kappa shape index (κ1) is 19.7. The van der Waals surface area contributed by atoms with Crippen molar-refractivity contribution in [3.63, 3.8) is 0 Å². The Balaban J connectivity index is 1.56. The quantitative estimate of drug-likeness (QED) is 0.666. The van der Waals surface area contributed by atoms with E-state index >= 15 is 0 Å². The Bertz CT molecular complexity index is 956. The summed E-state index contributed by atoms with van der Waals surface area (Å²) in [7, 11) is 1.63. The molecule has 1 N–H and O–H groups in total. The number of rotatable bonds is 7. The molecule has 0 radical (unpaired) electrons. The molecule has 0 saturated heterocycles. The van der Waals surface area contributed by atoms with Crippen LogP contribution in [0, 0.1) is 0 Å². The number of anilines is 1. The molecule has 3 aromatic rings. The van der Waals surface area contributed by atoms with Gasteiger partial charge in [-0.2, -0.15) is 0 Å². The third kappa shape index (κ3) is 5.01. The standard InChI is InChI=1S/C21H22N4O2S/c1-3-15-7-4-5-9-18(15)24-19(26)13-25(2)20(27)11-17-14-28-21(23-17)16-8-6-10-22-12-16/h4-10,12,14H,3,11,13H2,1-2H3,(H,24,26). The molecular weight excluding hydrogens is 372 g/mol. The van der Waals surface area contributed by atoms with Crippen LogP contribution in [0.3, 0.4) is 0 Å². The number of aryl methyl sites for hydroxylation is 1. The molecule has 2 heterocycles. The van der Waals surface area contributed by atoms with E-state index in [0.717, 1.165) is 28.2 Å². The minimum Gasteiger partial charge on any atom is -0.336 e. The first-order valence-corrected chi connectivity index (χ1v) is 9.91. The lowest BCUT2D eigenvalue weighted by atomic mass is 10.1. The van der Waals surface area contributed by atoms with E-state index in [0.29, 0.717) is 5.69 Å². The molecule has 6 nitrogen and oxygen atoms in total. The number of nitrogens with one attached hydrogen (secondary N) is 1. The number of pyridine rings is 1. The maximum absolute atomic E-state index is 12.5. The molecular formula is C21H22N4O2S. The molecule has 3 rings (SSSR count). The van der Waals surface area contributed by atoms with Gasteiger partial charge in [0.25, 0.3) is 0 Å². The van der Waals surface area contributed by atoms with Gasteiger partial charge in [-0.05, 0) is 30.2 Å². The maximum Gasteiger partial charge on any atom is 0.243 e. The summed E-state index contributed by atoms with van der Waals surface area (Å²) in [5.41, 5.74) is 3.47. The second-order valence-corrected chi connectivity index (χ2v) is 7.23. The summed E-state index contributed by atoms with van der Waals surface area (Å²) in [4.78, 5) is 34.8. The number of thiazole rings is 1. The van der Waals surface area contributed by atoms with Crippen LogP contribution < -0.4 is 5.32 Å². The fourth-order valence-corrected chi connectivity index (χ4v) is 3.55. The van der Waals surface area contributed by atoms with Gasteiger partial charge in [0.2, 0.25) is 11.8 Å². The lowest BCUT2D eigenvalue weighted by Gasteiger charge is -2.17. The highest BCUT2D eigenvalue weighted by molar-refractivity contribution is 7.13. The van der Waals surface area contributed by atoms with Gasteiger partial charge in [0.15, 0.2) is 0 Å². The van der Waals surface area contributed by atoms with Crippen LogP contribution in [0.25, 0.3) is 10.6 Å². The van der Waals surface area contributed by atoms with E-state index < -0.39 is 0 Å². The molecule has 0 fully saturated rings. The zero-order valence-corrected chi connectivity index (χ0v) is 16.7. The largest absolute Gasteiger partial charge is 0.336 e. The van der Waals surface area contributed by atoms with Gasteiger partial charge in [0, 0.05) is 36.1 Å². The third-order valence-corrected chi connectivity index (χ3v) is 5.21. The Kier molecular flexibility index (Phi) is 6.49. The van der Waals surface area contributed by atoms with Crippen molar-refractivity contribution in [1.29, 1.82) is 0 Å². The number of carbonyl (C=O) groups is 2. The van der Waals surface area contributed by atoms with Crippen molar-refractivity contribution in [3.8, 4) is 10.6 Å². The van der Waals surface area contributed by atoms with Crippen molar-refractivity contribution >= 4 is 28.8 Å². The van der Waals surface area contributed by atoms with Gasteiger partial charge < -0.3 is 10.2 Å². The molecule has 0 saturated carbocycles. The van der Waals surface area contributed by atoms with Crippen LogP contribution in [0.4, 0.5) is 5.69 Å². The minimum atomic E-state index is -0.217. The fourth-order valence-electron chi connectivity index (χ4n) is 2.74. The number of para-hydroxylation sites is 1. The van der Waals surface area contributed by atoms with Gasteiger partial charge in [0.1, 0.15) is 5.01 Å². The summed E-state index contributed by atoms with van der Waals surface area (Å²) in [5, 5.41) is 5.58. The predicted octanol–water partition coefficient (Wildman–Crippen LogP) is 3.41. The summed E-state index contributed by atoms with van der Waals surface area (Å²) in [6.45, 7) is 2.03. The molecule has 0 aliphatic rings. The molecule has 0 atom stereocenters. The van der Waals surface area contributed by atoms with Crippen molar-refractivity contribution in [2.45, 2.75) is 19.8 Å². The first-order valence-electron chi connectivity index (χ1n) is 9.03. The van der Waals surface area contributed by atoms with Crippen LogP contribution >= 0.6 is 11.3 Å². The second kappa shape index (κ2) is 9.23. The maximum atomic E-state index is 12.5. The number of aromatic nitrogens is 2. The number of likely N-dealkylation sites (N-methyl/N-ethyl adjacent to an activating group) is 1. The number of nitrogens with zero attached hydrogens (tertiary/aromatic N) is 3. The average molecular weight is 394 g/mol. The van der Waals surface area contributed by atoms with Gasteiger partial charge >= 0.3 is 0 Å². The molecule has 2 aromatic heterocycles. The summed E-state index contributed by atoms with van der Waals surface area (Å²) in [5.74, 6) is -0.368. The zero-order valence-electron chi connectivity index (χ0n) is 15.9. The molecule has 2 amide bonds. The molecule has 7 heteroatoms. The predicted molar refractivity (Wildman–Crippen MR) is 111 cm³/mol. The van der Waals surface area contributed by atoms with E-state index in [1.54, 1.807) is 19.4 Å². The van der Waals surface area contributed by atoms with Gasteiger partial charge in [-0.3, -0.25) is 14.6 Å². The zero-order chi connectivity index (χ0) is 19.9. The molecule has 0 aliphatic carbocycles. The fraction of sp³-hybridized carbons (Fsp3) is 0.238. The van der Waals surface area contributed by atoms with Crippen molar-refractivity contribution in [2.24, 2.45) is 0 Å². The van der Waals surface area contributed by atoms with Gasteiger partial charge in [-0.1, -0.05) is 25.1 Å². The Morgan fingerprint density at radius 2 is 2.00 bits per heavy atom. The highest BCUT2D eigenvalue weighted by Crippen LogP contribution is 2.23. The van der Waals surface area contributed by atoms with Gasteiger partial charge in [-0.15, -0.1) is 11.3 Å². The van der Waals surface area contributed by atoms with Crippen molar-refractivity contribution < 1.29 is 9.59 Å². The van der Waals surface area contributed by atoms with Crippen LogP contribution in [0.5, 0.6) is 0 Å². The number of hydrogen-bond donors (Lipinski definition) is 1. The van der Waals surface area contributed by atoms with E-state index in [1.165, 1.54) is 16.2 Å². The van der Waals surface area contributed by atoms with E-state index in [-0.39, 0.29) is 24.8 Å². The molecule has 0 spiro atoms. The Hall–Kier alpha value is -3.06. The average Bonchev–Trinajstić information content (AvgIpc) is 3.17. The van der Waals surface area contributed by atoms with Crippen LogP contribution in [0.1, 0.15) is 18.2 Å². The van der Waals surface area contributed by atoms with E-state index in [9.17, 15) is 9.59 Å². The summed E-state index contributed by atoms with van der Waals surface area (Å²) in [6, 6.07) is 11.5. The molecule has 1 aromatic carbocycles. The van der Waals surface area contributed by atoms with Crippen molar-refractivity contribution in [2.75, 3.05) is 18.9 Å². The number of carbonyl (C=O) groups excluding carboxylic acids is 2. The number of benzene rings is 1. The highest BCUT2D eigenvalue weighted by atomic mass is 32.1. The Labute approximate surface area is 168 Å². The summed E-state index contributed by atoms with van der Waals surface area (Å²) in [6.07, 6.45) is 4.44. The van der Waals surface area contributed by atoms with E-state index in [4.69, 9.17) is 0 Å². The number of amides is 2. The topological polar surface area (TPSA) is 75.2 Å². The summed E-state index contributed by atoms with van der Waals surface area (Å²) < 4.78 is 0. The van der Waals surface area contributed by atoms with Gasteiger partial charge in [-0.25, -0.2) is 4.98 Å². The monoisotopic (exact) mass is 394 g/mol.